The Bertz CT molecular complexity index is 574. The predicted molar refractivity (Wildman–Crippen MR) is 89.6 cm³/mol. The lowest BCUT2D eigenvalue weighted by Crippen LogP contribution is -2.42. The van der Waals surface area contributed by atoms with Crippen LogP contribution in [0.3, 0.4) is 0 Å². The van der Waals surface area contributed by atoms with E-state index in [1.54, 1.807) is 12.1 Å². The first-order valence-electron chi connectivity index (χ1n) is 8.10. The zero-order valence-electron chi connectivity index (χ0n) is 13.8. The first kappa shape index (κ1) is 17.3. The molecule has 1 aromatic carbocycles. The molecular formula is C17H25N3O3. The second-order valence-corrected chi connectivity index (χ2v) is 5.98. The third kappa shape index (κ3) is 4.45. The third-order valence-corrected chi connectivity index (χ3v) is 4.18. The zero-order chi connectivity index (χ0) is 16.8. The number of aliphatic hydroxyl groups excluding tert-OH is 1. The van der Waals surface area contributed by atoms with Crippen LogP contribution in [0.15, 0.2) is 18.2 Å². The number of benzene rings is 1. The quantitative estimate of drug-likeness (QED) is 0.795. The largest absolute Gasteiger partial charge is 0.395 e. The van der Waals surface area contributed by atoms with Crippen molar-refractivity contribution in [2.45, 2.75) is 39.2 Å². The van der Waals surface area contributed by atoms with E-state index in [9.17, 15) is 9.59 Å². The van der Waals surface area contributed by atoms with Crippen LogP contribution in [0.2, 0.25) is 0 Å². The van der Waals surface area contributed by atoms with Crippen molar-refractivity contribution in [1.29, 1.82) is 0 Å². The predicted octanol–water partition coefficient (Wildman–Crippen LogP) is 2.12. The second kappa shape index (κ2) is 7.97. The van der Waals surface area contributed by atoms with E-state index >= 15 is 0 Å². The number of nitrogens with zero attached hydrogens (tertiary/aromatic N) is 1. The van der Waals surface area contributed by atoms with Gasteiger partial charge in [0, 0.05) is 30.4 Å². The van der Waals surface area contributed by atoms with E-state index in [0.717, 1.165) is 24.9 Å². The molecule has 23 heavy (non-hydrogen) atoms. The van der Waals surface area contributed by atoms with Gasteiger partial charge in [-0.15, -0.1) is 0 Å². The van der Waals surface area contributed by atoms with Crippen LogP contribution in [0.5, 0.6) is 0 Å². The minimum atomic E-state index is -0.370. The van der Waals surface area contributed by atoms with Gasteiger partial charge in [0.25, 0.3) is 5.91 Å². The Labute approximate surface area is 136 Å². The van der Waals surface area contributed by atoms with E-state index in [2.05, 4.69) is 17.6 Å². The van der Waals surface area contributed by atoms with Crippen LogP contribution in [-0.4, -0.2) is 47.7 Å². The fourth-order valence-electron chi connectivity index (χ4n) is 2.84. The maximum atomic E-state index is 12.6. The molecule has 1 saturated heterocycles. The Balaban J connectivity index is 2.06. The van der Waals surface area contributed by atoms with Gasteiger partial charge >= 0.3 is 6.03 Å². The van der Waals surface area contributed by atoms with Crippen molar-refractivity contribution in [2.75, 3.05) is 25.0 Å². The second-order valence-electron chi connectivity index (χ2n) is 5.98. The number of likely N-dealkylation sites (tertiary alicyclic amines) is 1. The van der Waals surface area contributed by atoms with Gasteiger partial charge in [-0.25, -0.2) is 4.79 Å². The van der Waals surface area contributed by atoms with Crippen molar-refractivity contribution in [3.05, 3.63) is 29.3 Å². The zero-order valence-corrected chi connectivity index (χ0v) is 13.8. The summed E-state index contributed by atoms with van der Waals surface area (Å²) >= 11 is 0. The van der Waals surface area contributed by atoms with E-state index in [-0.39, 0.29) is 31.1 Å². The monoisotopic (exact) mass is 319 g/mol. The van der Waals surface area contributed by atoms with Crippen molar-refractivity contribution >= 4 is 17.6 Å². The average molecular weight is 319 g/mol. The molecule has 0 radical (unpaired) electrons. The SMILES string of the molecule is Cc1cc(C(=O)N2CCCC[C@@H]2C)ccc1NC(=O)NCCO. The number of carbonyl (C=O) groups is 2. The molecule has 1 aromatic rings. The molecule has 0 aromatic heterocycles. The van der Waals surface area contributed by atoms with E-state index in [4.69, 9.17) is 5.11 Å². The summed E-state index contributed by atoms with van der Waals surface area (Å²) in [6.07, 6.45) is 3.28. The molecular weight excluding hydrogens is 294 g/mol. The lowest BCUT2D eigenvalue weighted by molar-refractivity contribution is 0.0635. The van der Waals surface area contributed by atoms with E-state index in [1.807, 2.05) is 17.9 Å². The van der Waals surface area contributed by atoms with Crippen molar-refractivity contribution in [2.24, 2.45) is 0 Å². The van der Waals surface area contributed by atoms with Crippen LogP contribution < -0.4 is 10.6 Å². The van der Waals surface area contributed by atoms with Crippen molar-refractivity contribution < 1.29 is 14.7 Å². The number of aryl methyl sites for hydroxylation is 1. The maximum Gasteiger partial charge on any atom is 0.319 e. The van der Waals surface area contributed by atoms with Crippen LogP contribution in [0, 0.1) is 6.92 Å². The molecule has 0 saturated carbocycles. The molecule has 1 heterocycles. The number of rotatable bonds is 4. The van der Waals surface area contributed by atoms with Gasteiger partial charge in [-0.1, -0.05) is 0 Å². The number of urea groups is 1. The van der Waals surface area contributed by atoms with Gasteiger partial charge in [0.2, 0.25) is 0 Å². The molecule has 6 nitrogen and oxygen atoms in total. The highest BCUT2D eigenvalue weighted by Gasteiger charge is 2.24. The Kier molecular flexibility index (Phi) is 5.98. The molecule has 0 spiro atoms. The molecule has 1 aliphatic heterocycles. The molecule has 1 atom stereocenters. The smallest absolute Gasteiger partial charge is 0.319 e. The number of anilines is 1. The van der Waals surface area contributed by atoms with Gasteiger partial charge < -0.3 is 20.6 Å². The fourth-order valence-corrected chi connectivity index (χ4v) is 2.84. The highest BCUT2D eigenvalue weighted by atomic mass is 16.3. The number of piperidine rings is 1. The van der Waals surface area contributed by atoms with Crippen molar-refractivity contribution in [1.82, 2.24) is 10.2 Å². The van der Waals surface area contributed by atoms with Gasteiger partial charge in [-0.3, -0.25) is 4.79 Å². The fraction of sp³-hybridized carbons (Fsp3) is 0.529. The van der Waals surface area contributed by atoms with E-state index in [0.29, 0.717) is 11.3 Å². The van der Waals surface area contributed by atoms with Crippen LogP contribution in [0.25, 0.3) is 0 Å². The minimum absolute atomic E-state index is 0.0524. The average Bonchev–Trinajstić information content (AvgIpc) is 2.54. The molecule has 1 fully saturated rings. The van der Waals surface area contributed by atoms with Crippen LogP contribution >= 0.6 is 0 Å². The highest BCUT2D eigenvalue weighted by molar-refractivity contribution is 5.96. The van der Waals surface area contributed by atoms with Gasteiger partial charge in [0.05, 0.1) is 6.61 Å². The Hall–Kier alpha value is -2.08. The normalized spacial score (nSPS) is 17.7. The summed E-state index contributed by atoms with van der Waals surface area (Å²) in [6, 6.07) is 5.21. The highest BCUT2D eigenvalue weighted by Crippen LogP contribution is 2.22. The lowest BCUT2D eigenvalue weighted by Gasteiger charge is -2.33. The Morgan fingerprint density at radius 3 is 2.78 bits per heavy atom. The van der Waals surface area contributed by atoms with Crippen LogP contribution in [-0.2, 0) is 0 Å². The summed E-state index contributed by atoms with van der Waals surface area (Å²) in [4.78, 5) is 26.2. The molecule has 6 heteroatoms. The molecule has 2 rings (SSSR count). The van der Waals surface area contributed by atoms with E-state index < -0.39 is 0 Å². The first-order valence-corrected chi connectivity index (χ1v) is 8.10. The van der Waals surface area contributed by atoms with Crippen molar-refractivity contribution in [3.63, 3.8) is 0 Å². The summed E-state index contributed by atoms with van der Waals surface area (Å²) in [5.41, 5.74) is 2.14. The Morgan fingerprint density at radius 2 is 2.13 bits per heavy atom. The number of hydrogen-bond donors (Lipinski definition) is 3. The molecule has 126 valence electrons. The van der Waals surface area contributed by atoms with Crippen LogP contribution in [0.1, 0.15) is 42.1 Å². The molecule has 1 aliphatic rings. The molecule has 0 unspecified atom stereocenters. The number of carbonyl (C=O) groups excluding carboxylic acids is 2. The number of aliphatic hydroxyl groups is 1. The molecule has 0 aliphatic carbocycles. The lowest BCUT2D eigenvalue weighted by atomic mass is 10.0. The van der Waals surface area contributed by atoms with Gasteiger partial charge in [-0.05, 0) is 56.9 Å². The first-order chi connectivity index (χ1) is 11.0. The summed E-state index contributed by atoms with van der Waals surface area (Å²) < 4.78 is 0. The number of amides is 3. The summed E-state index contributed by atoms with van der Waals surface area (Å²) in [5.74, 6) is 0.0524. The van der Waals surface area contributed by atoms with Crippen LogP contribution in [0.4, 0.5) is 10.5 Å². The third-order valence-electron chi connectivity index (χ3n) is 4.18. The summed E-state index contributed by atoms with van der Waals surface area (Å²) in [6.45, 7) is 4.86. The summed E-state index contributed by atoms with van der Waals surface area (Å²) in [5, 5.41) is 13.9. The molecule has 0 bridgehead atoms. The number of nitrogens with one attached hydrogen (secondary N) is 2. The van der Waals surface area contributed by atoms with Gasteiger partial charge in [0.15, 0.2) is 0 Å². The maximum absolute atomic E-state index is 12.6. The Morgan fingerprint density at radius 1 is 1.35 bits per heavy atom. The molecule has 3 N–H and O–H groups in total. The standard InChI is InChI=1S/C17H25N3O3/c1-12-11-14(16(22)20-9-4-3-5-13(20)2)6-7-15(12)19-17(23)18-8-10-21/h6-7,11,13,21H,3-5,8-10H2,1-2H3,(H2,18,19,23)/t13-/m0/s1. The molecule has 3 amide bonds. The summed E-state index contributed by atoms with van der Waals surface area (Å²) in [7, 11) is 0. The minimum Gasteiger partial charge on any atom is -0.395 e. The topological polar surface area (TPSA) is 81.7 Å². The van der Waals surface area contributed by atoms with Gasteiger partial charge in [0.1, 0.15) is 0 Å². The van der Waals surface area contributed by atoms with E-state index in [1.165, 1.54) is 6.42 Å². The number of hydrogen-bond acceptors (Lipinski definition) is 3. The van der Waals surface area contributed by atoms with Crippen molar-refractivity contribution in [3.8, 4) is 0 Å². The van der Waals surface area contributed by atoms with Gasteiger partial charge in [-0.2, -0.15) is 0 Å².